The second-order valence-corrected chi connectivity index (χ2v) is 66.6. The van der Waals surface area contributed by atoms with E-state index >= 15 is 0 Å². The number of carbonyl (C=O) groups excluding carboxylic acids is 3. The van der Waals surface area contributed by atoms with E-state index in [9.17, 15) is 19.5 Å². The number of Topliss-reactive ketones (excluding diaryl/α,β-unsaturated/α-hetero) is 3. The summed E-state index contributed by atoms with van der Waals surface area (Å²) in [6.45, 7) is 9.89. The molecule has 0 spiro atoms. The van der Waals surface area contributed by atoms with Gasteiger partial charge in [-0.1, -0.05) is 214 Å². The first-order valence-corrected chi connectivity index (χ1v) is 57.0. The number of hydrogen-bond donors (Lipinski definition) is 2. The van der Waals surface area contributed by atoms with Crippen molar-refractivity contribution in [1.82, 2.24) is 0 Å². The first-order chi connectivity index (χ1) is 48.4. The molecular weight excluding hydrogens is 1970 g/mol. The Labute approximate surface area is 672 Å². The number of benzene rings is 6. The van der Waals surface area contributed by atoms with E-state index in [1.54, 1.807) is 0 Å². The molecular formula is C86H91I6NO7V-. The molecule has 0 amide bonds. The second kappa shape index (κ2) is 33.7. The minimum atomic E-state index is -0.278. The van der Waals surface area contributed by atoms with Gasteiger partial charge < -0.3 is 32.5 Å². The number of rotatable bonds is 5. The fourth-order valence-corrected chi connectivity index (χ4v) is 19.2. The SMILES string of the molecule is CCI.C[C@]12C=CC3=CC4=C(CC(CN)CC4=O)O[C@H]3[C@@H]1CC[C@@H]2c1ccc2ccccc2c1.C[C@]12C=CC3=CC4=C(CC(CO)CC4=O)O[C@H]3[C@@H]1CC[C@@H]2c1ccc2ccccc2c1.C[C@]12C=CC3=CC4=C(CCCC4=O)O[C@H]3[C@@H]1CC[C@@H]2c1ccc2ccccc2c1.II.[CH3-].[I][V]([I])[I]. The van der Waals surface area contributed by atoms with E-state index < -0.39 is 0 Å². The third kappa shape index (κ3) is 15.7. The molecule has 0 radical (unpaired) electrons. The van der Waals surface area contributed by atoms with Gasteiger partial charge in [-0.25, -0.2) is 0 Å². The number of halogens is 6. The van der Waals surface area contributed by atoms with Crippen molar-refractivity contribution in [2.24, 2.45) is 51.6 Å². The predicted octanol–water partition coefficient (Wildman–Crippen LogP) is 23.4. The molecule has 101 heavy (non-hydrogen) atoms. The maximum absolute atomic E-state index is 12.6. The maximum atomic E-state index is 12.6. The van der Waals surface area contributed by atoms with Gasteiger partial charge in [0.1, 0.15) is 35.6 Å². The van der Waals surface area contributed by atoms with Crippen LogP contribution in [-0.4, -0.2) is 58.3 Å². The quantitative estimate of drug-likeness (QED) is 0.0993. The Morgan fingerprint density at radius 3 is 1.16 bits per heavy atom. The molecule has 3 N–H and O–H groups in total. The van der Waals surface area contributed by atoms with Crippen molar-refractivity contribution < 1.29 is 38.6 Å². The van der Waals surface area contributed by atoms with Crippen LogP contribution in [0.2, 0.25) is 0 Å². The molecule has 12 aliphatic rings. The summed E-state index contributed by atoms with van der Waals surface area (Å²) >= 11 is 13.9. The molecule has 2 unspecified atom stereocenters. The minimum absolute atomic E-state index is 0. The molecule has 8 nitrogen and oxygen atoms in total. The Balaban J connectivity index is 0.000000135. The Bertz CT molecular complexity index is 4260. The van der Waals surface area contributed by atoms with E-state index in [0.29, 0.717) is 67.7 Å². The molecule has 9 aliphatic carbocycles. The average molecular weight is 2060 g/mol. The number of ether oxygens (including phenoxy) is 3. The van der Waals surface area contributed by atoms with Gasteiger partial charge in [0, 0.05) is 100 Å². The van der Waals surface area contributed by atoms with E-state index in [1.807, 2.05) is 0 Å². The van der Waals surface area contributed by atoms with Crippen molar-refractivity contribution >= 4 is 169 Å². The number of allylic oxidation sites excluding steroid dienone is 12. The van der Waals surface area contributed by atoms with Crippen molar-refractivity contribution in [3.8, 4) is 0 Å². The van der Waals surface area contributed by atoms with Crippen LogP contribution in [0.4, 0.5) is 0 Å². The Kier molecular flexibility index (Phi) is 25.9. The zero-order valence-corrected chi connectivity index (χ0v) is 72.5. The molecule has 3 fully saturated rings. The summed E-state index contributed by atoms with van der Waals surface area (Å²) in [5.74, 6) is 6.06. The van der Waals surface area contributed by atoms with Crippen LogP contribution < -0.4 is 5.73 Å². The Morgan fingerprint density at radius 1 is 0.475 bits per heavy atom. The van der Waals surface area contributed by atoms with Crippen LogP contribution in [-0.2, 0) is 33.5 Å². The van der Waals surface area contributed by atoms with Gasteiger partial charge in [0.15, 0.2) is 17.3 Å². The molecule has 6 aromatic rings. The standard InChI is InChI=1S/C28H29NO2.C28H28O3.C27H26O2.C2H5I.CH3.I2.3HI.V/c2*1-28-11-10-21-15-22-25(30)12-17(16-29)13-26(22)31-27(21)24(28)9-8-23(28)20-7-6-18-4-2-3-5-19(18)14-20;1-27-14-13-20-16-21-24(28)7-4-8-25(21)29-26(20)23(27)12-11-22(27)19-10-9-17-5-2-3-6-18(17)15-19;1-2-3;;1-2;;;;/h2-7,10-11,14-15,17,23-24,27H,8-9,12-13,16,29H2,1H3;2-7,10-11,14-15,17,23-24,27,29H,8-9,12-13,16H2,1H3;2-3,5-6,9-10,13-16,22-23,26H,4,7-8,11-12H2,1H3;2H2,1H3;1H3;;3*1H;/q;;;;-1;;;;;+3/p-3/t2*17?,23-,24+,27-,28-;22-,23+,26-,27-;;;;;;;/m111......./s1. The number of aliphatic hydroxyl groups is 1. The molecule has 0 bridgehead atoms. The number of nitrogens with two attached hydrogens (primary N) is 1. The molecule has 14 atom stereocenters. The predicted molar refractivity (Wildman–Crippen MR) is 461 cm³/mol. The Morgan fingerprint density at radius 2 is 0.802 bits per heavy atom. The van der Waals surface area contributed by atoms with Gasteiger partial charge in [0.05, 0.1) is 16.7 Å². The second-order valence-electron chi connectivity index (χ2n) is 29.7. The molecule has 3 heterocycles. The number of ketones is 3. The number of aliphatic hydroxyl groups excluding tert-OH is 1. The molecule has 530 valence electrons. The molecule has 18 rings (SSSR count). The van der Waals surface area contributed by atoms with Gasteiger partial charge in [-0.05, 0) is 186 Å². The summed E-state index contributed by atoms with van der Waals surface area (Å²) < 4.78 is 20.9. The van der Waals surface area contributed by atoms with Crippen molar-refractivity contribution in [1.29, 1.82) is 0 Å². The summed E-state index contributed by atoms with van der Waals surface area (Å²) in [5.41, 5.74) is 16.2. The third-order valence-corrected chi connectivity index (χ3v) is 24.3. The van der Waals surface area contributed by atoms with Gasteiger partial charge in [-0.2, -0.15) is 0 Å². The summed E-state index contributed by atoms with van der Waals surface area (Å²) in [6.07, 6.45) is 32.1. The monoisotopic (exact) mass is 2060 g/mol. The Hall–Kier alpha value is -2.95. The third-order valence-electron chi connectivity index (χ3n) is 24.3. The topological polar surface area (TPSA) is 125 Å². The molecule has 0 aromatic heterocycles. The van der Waals surface area contributed by atoms with Crippen LogP contribution in [0.15, 0.2) is 233 Å². The molecule has 15 heteroatoms. The molecule has 3 aliphatic heterocycles. The van der Waals surface area contributed by atoms with Crippen molar-refractivity contribution in [2.45, 2.75) is 147 Å². The number of alkyl halides is 1. The fraction of sp³-hybridized carbons (Fsp3) is 0.395. The number of carbonyl (C=O) groups is 3. The van der Waals surface area contributed by atoms with Gasteiger partial charge in [-0.3, -0.25) is 14.4 Å². The van der Waals surface area contributed by atoms with Gasteiger partial charge in [0.25, 0.3) is 0 Å². The normalized spacial score (nSPS) is 31.0. The van der Waals surface area contributed by atoms with Crippen LogP contribution in [0.25, 0.3) is 32.3 Å². The van der Waals surface area contributed by atoms with Crippen LogP contribution in [0.1, 0.15) is 146 Å². The van der Waals surface area contributed by atoms with E-state index in [-0.39, 0.29) is 82.7 Å². The van der Waals surface area contributed by atoms with Gasteiger partial charge in [0.2, 0.25) is 0 Å². The summed E-state index contributed by atoms with van der Waals surface area (Å²) in [4.78, 5) is 37.3. The van der Waals surface area contributed by atoms with E-state index in [1.165, 1.54) is 71.0 Å². The molecule has 3 saturated carbocycles. The molecule has 6 aromatic carbocycles. The van der Waals surface area contributed by atoms with Crippen LogP contribution >= 0.6 is 120 Å². The summed E-state index contributed by atoms with van der Waals surface area (Å²) in [6, 6.07) is 46.6. The van der Waals surface area contributed by atoms with Crippen molar-refractivity contribution in [3.63, 3.8) is 0 Å². The number of hydrogen-bond acceptors (Lipinski definition) is 8. The first-order valence-electron chi connectivity index (χ1n) is 35.7. The zero-order valence-electron chi connectivity index (χ0n) is 58.2. The summed E-state index contributed by atoms with van der Waals surface area (Å²) in [5, 5.41) is 17.4. The van der Waals surface area contributed by atoms with Crippen molar-refractivity contribution in [3.05, 3.63) is 257 Å². The zero-order chi connectivity index (χ0) is 70.2. The summed E-state index contributed by atoms with van der Waals surface area (Å²) in [7, 11) is 0. The first kappa shape index (κ1) is 77.7. The average Bonchev–Trinajstić information content (AvgIpc) is 1.65. The van der Waals surface area contributed by atoms with Crippen LogP contribution in [0.3, 0.4) is 0 Å². The fourth-order valence-electron chi connectivity index (χ4n) is 19.2. The number of fused-ring (bicyclic) bond motifs is 12. The van der Waals surface area contributed by atoms with Crippen molar-refractivity contribution in [2.75, 3.05) is 17.6 Å². The van der Waals surface area contributed by atoms with Crippen LogP contribution in [0.5, 0.6) is 0 Å². The van der Waals surface area contributed by atoms with Gasteiger partial charge in [-0.15, -0.1) is 0 Å². The van der Waals surface area contributed by atoms with E-state index in [2.05, 4.69) is 330 Å². The molecule has 0 saturated heterocycles. The van der Waals surface area contributed by atoms with E-state index in [0.717, 1.165) is 90.9 Å². The van der Waals surface area contributed by atoms with Gasteiger partial charge >= 0.3 is 64.9 Å². The van der Waals surface area contributed by atoms with E-state index in [4.69, 9.17) is 19.9 Å². The van der Waals surface area contributed by atoms with Crippen LogP contribution in [0, 0.1) is 53.3 Å².